The highest BCUT2D eigenvalue weighted by molar-refractivity contribution is 5.98. The Bertz CT molecular complexity index is 2630. The van der Waals surface area contributed by atoms with Crippen molar-refractivity contribution in [1.29, 1.82) is 0 Å². The molecule has 2 aliphatic rings. The van der Waals surface area contributed by atoms with Crippen LogP contribution in [0.15, 0.2) is 115 Å². The van der Waals surface area contributed by atoms with Crippen molar-refractivity contribution in [1.82, 2.24) is 21.3 Å². The Balaban J connectivity index is 1.03. The molecular formula is C60H74N4O14. The van der Waals surface area contributed by atoms with Gasteiger partial charge >= 0.3 is 23.9 Å². The molecule has 4 N–H and O–H groups in total. The molecular weight excluding hydrogens is 1000 g/mol. The molecule has 418 valence electrons. The van der Waals surface area contributed by atoms with Gasteiger partial charge in [-0.2, -0.15) is 0 Å². The summed E-state index contributed by atoms with van der Waals surface area (Å²) in [5.74, 6) is -7.54. The van der Waals surface area contributed by atoms with Crippen molar-refractivity contribution < 1.29 is 66.8 Å². The lowest BCUT2D eigenvalue weighted by Gasteiger charge is -2.38. The van der Waals surface area contributed by atoms with Crippen LogP contribution in [0, 0.1) is 35.5 Å². The minimum atomic E-state index is -1.25. The first kappa shape index (κ1) is 59.8. The number of hydrogen-bond donors (Lipinski definition) is 4. The SMILES string of the molecule is CC[C@H](C)[C@H]1C(=O)OC1C(=O)NC(C(=O)NC(COCc1ccccc1)C(=O)OCc1ccc(CC[C@H](C)C2C(=O)OC2C(=O)NC(COCc2ccccc2)C(=O)NC(C(=O)OCc2ccccc2)C(C)C)cc1)C(C)C. The fraction of sp³-hybridized carbons (Fsp3) is 0.467. The molecule has 2 saturated heterocycles. The fourth-order valence-corrected chi connectivity index (χ4v) is 8.98. The van der Waals surface area contributed by atoms with E-state index >= 15 is 0 Å². The van der Waals surface area contributed by atoms with Crippen LogP contribution in [-0.4, -0.2) is 97.1 Å². The number of benzene rings is 4. The maximum atomic E-state index is 13.9. The third-order valence-corrected chi connectivity index (χ3v) is 14.1. The van der Waals surface area contributed by atoms with Crippen LogP contribution in [0.4, 0.5) is 0 Å². The molecule has 10 atom stereocenters. The van der Waals surface area contributed by atoms with Crippen molar-refractivity contribution in [2.75, 3.05) is 13.2 Å². The van der Waals surface area contributed by atoms with Gasteiger partial charge in [0.25, 0.3) is 11.8 Å². The number of carbonyl (C=O) groups is 8. The molecule has 4 aromatic carbocycles. The van der Waals surface area contributed by atoms with Crippen LogP contribution in [-0.2, 0) is 99.6 Å². The number of rotatable bonds is 30. The predicted octanol–water partition coefficient (Wildman–Crippen LogP) is 5.86. The first-order valence-electron chi connectivity index (χ1n) is 26.7. The third kappa shape index (κ3) is 17.0. The summed E-state index contributed by atoms with van der Waals surface area (Å²) in [5.41, 5.74) is 4.04. The Hall–Kier alpha value is -7.44. The van der Waals surface area contributed by atoms with Crippen LogP contribution in [0.1, 0.15) is 89.1 Å². The molecule has 0 bridgehead atoms. The van der Waals surface area contributed by atoms with Gasteiger partial charge in [-0.25, -0.2) is 9.59 Å². The average molecular weight is 1080 g/mol. The van der Waals surface area contributed by atoms with E-state index < -0.39 is 102 Å². The van der Waals surface area contributed by atoms with Crippen molar-refractivity contribution in [2.45, 2.75) is 131 Å². The zero-order valence-electron chi connectivity index (χ0n) is 45.5. The van der Waals surface area contributed by atoms with Gasteiger partial charge in [-0.05, 0) is 64.3 Å². The van der Waals surface area contributed by atoms with Gasteiger partial charge in [-0.3, -0.25) is 28.8 Å². The summed E-state index contributed by atoms with van der Waals surface area (Å²) < 4.78 is 33.6. The Labute approximate surface area is 456 Å². The molecule has 4 amide bonds. The number of hydrogen-bond acceptors (Lipinski definition) is 14. The normalized spacial score (nSPS) is 19.0. The minimum Gasteiger partial charge on any atom is -0.459 e. The van der Waals surface area contributed by atoms with E-state index in [-0.39, 0.29) is 57.4 Å². The predicted molar refractivity (Wildman–Crippen MR) is 286 cm³/mol. The topological polar surface area (TPSA) is 240 Å². The first-order valence-corrected chi connectivity index (χ1v) is 26.7. The van der Waals surface area contributed by atoms with Crippen molar-refractivity contribution in [2.24, 2.45) is 35.5 Å². The molecule has 2 heterocycles. The maximum absolute atomic E-state index is 13.9. The second-order valence-electron chi connectivity index (χ2n) is 20.8. The van der Waals surface area contributed by atoms with E-state index in [1.54, 1.807) is 39.8 Å². The van der Waals surface area contributed by atoms with Crippen LogP contribution in [0.5, 0.6) is 0 Å². The molecule has 0 spiro atoms. The van der Waals surface area contributed by atoms with E-state index in [0.29, 0.717) is 24.8 Å². The number of carbonyl (C=O) groups excluding carboxylic acids is 8. The summed E-state index contributed by atoms with van der Waals surface area (Å²) in [5, 5.41) is 10.9. The summed E-state index contributed by atoms with van der Waals surface area (Å²) in [6.45, 7) is 12.4. The van der Waals surface area contributed by atoms with Gasteiger partial charge in [0.05, 0.1) is 26.4 Å². The van der Waals surface area contributed by atoms with Gasteiger partial charge in [0.1, 0.15) is 43.2 Å². The summed E-state index contributed by atoms with van der Waals surface area (Å²) in [6.07, 6.45) is -0.507. The van der Waals surface area contributed by atoms with Gasteiger partial charge in [0, 0.05) is 0 Å². The van der Waals surface area contributed by atoms with Crippen LogP contribution in [0.2, 0.25) is 0 Å². The van der Waals surface area contributed by atoms with Gasteiger partial charge in [-0.1, -0.05) is 170 Å². The van der Waals surface area contributed by atoms with E-state index in [4.69, 9.17) is 28.4 Å². The molecule has 0 saturated carbocycles. The molecule has 4 aromatic rings. The molecule has 78 heavy (non-hydrogen) atoms. The van der Waals surface area contributed by atoms with Gasteiger partial charge < -0.3 is 49.7 Å². The summed E-state index contributed by atoms with van der Waals surface area (Å²) in [4.78, 5) is 107. The van der Waals surface area contributed by atoms with Crippen LogP contribution in [0.3, 0.4) is 0 Å². The second-order valence-corrected chi connectivity index (χ2v) is 20.8. The largest absolute Gasteiger partial charge is 0.459 e. The lowest BCUT2D eigenvalue weighted by atomic mass is 9.81. The standard InChI is InChI=1S/C60H74N4O14/c1-8-38(6)47-51(77-58(47)70)56(68)63-49(36(2)3)54(66)62-46(35-74-31-42-20-14-10-15-21-42)57(69)75-33-44-28-26-40(27-29-44)25-24-39(7)48-52(78-59(48)71)55(67)61-45(34-73-30-41-18-12-9-13-19-41)53(65)64-50(37(4)5)60(72)76-32-43-22-16-11-17-23-43/h9-23,26-29,36-39,45-52H,8,24-25,30-35H2,1-7H3,(H,61,67)(H,62,66)(H,63,68)(H,64,65)/t38-,39-,45?,46?,47+,48?,49?,50?,51?,52?/m0/s1. The van der Waals surface area contributed by atoms with Crippen molar-refractivity contribution >= 4 is 47.5 Å². The van der Waals surface area contributed by atoms with Crippen molar-refractivity contribution in [3.05, 3.63) is 143 Å². The molecule has 0 radical (unpaired) electrons. The molecule has 6 rings (SSSR count). The van der Waals surface area contributed by atoms with E-state index in [0.717, 1.165) is 22.3 Å². The Morgan fingerprint density at radius 2 is 0.910 bits per heavy atom. The van der Waals surface area contributed by atoms with Crippen LogP contribution < -0.4 is 21.3 Å². The highest BCUT2D eigenvalue weighted by atomic mass is 16.6. The first-order chi connectivity index (χ1) is 37.4. The number of amides is 4. The molecule has 7 unspecified atom stereocenters. The summed E-state index contributed by atoms with van der Waals surface area (Å²) >= 11 is 0. The van der Waals surface area contributed by atoms with Crippen molar-refractivity contribution in [3.63, 3.8) is 0 Å². The summed E-state index contributed by atoms with van der Waals surface area (Å²) in [7, 11) is 0. The quantitative estimate of drug-likeness (QED) is 0.0354. The summed E-state index contributed by atoms with van der Waals surface area (Å²) in [6, 6.07) is 30.5. The van der Waals surface area contributed by atoms with E-state index in [1.807, 2.05) is 124 Å². The fourth-order valence-electron chi connectivity index (χ4n) is 8.98. The number of ether oxygens (including phenoxy) is 6. The average Bonchev–Trinajstić information content (AvgIpc) is 3.43. The second kappa shape index (κ2) is 29.3. The lowest BCUT2D eigenvalue weighted by molar-refractivity contribution is -0.194. The van der Waals surface area contributed by atoms with Gasteiger partial charge in [0.2, 0.25) is 11.8 Å². The number of aryl methyl sites for hydroxylation is 1. The minimum absolute atomic E-state index is 0.0139. The molecule has 0 aliphatic carbocycles. The lowest BCUT2D eigenvalue weighted by Crippen LogP contribution is -2.61. The molecule has 18 heteroatoms. The zero-order chi connectivity index (χ0) is 56.3. The third-order valence-electron chi connectivity index (χ3n) is 14.1. The molecule has 2 fully saturated rings. The van der Waals surface area contributed by atoms with Crippen LogP contribution in [0.25, 0.3) is 0 Å². The highest BCUT2D eigenvalue weighted by Gasteiger charge is 2.51. The zero-order valence-corrected chi connectivity index (χ0v) is 45.5. The maximum Gasteiger partial charge on any atom is 0.331 e. The smallest absolute Gasteiger partial charge is 0.331 e. The number of esters is 4. The van der Waals surface area contributed by atoms with Crippen molar-refractivity contribution in [3.8, 4) is 0 Å². The highest BCUT2D eigenvalue weighted by Crippen LogP contribution is 2.34. The van der Waals surface area contributed by atoms with Crippen LogP contribution >= 0.6 is 0 Å². The Kier molecular flexibility index (Phi) is 22.5. The van der Waals surface area contributed by atoms with E-state index in [2.05, 4.69) is 21.3 Å². The Morgan fingerprint density at radius 1 is 0.474 bits per heavy atom. The van der Waals surface area contributed by atoms with Gasteiger partial charge in [0.15, 0.2) is 18.2 Å². The Morgan fingerprint density at radius 3 is 1.40 bits per heavy atom. The van der Waals surface area contributed by atoms with Gasteiger partial charge in [-0.15, -0.1) is 0 Å². The van der Waals surface area contributed by atoms with E-state index in [1.165, 1.54) is 0 Å². The number of cyclic esters (lactones) is 2. The van der Waals surface area contributed by atoms with E-state index in [9.17, 15) is 38.4 Å². The molecule has 0 aromatic heterocycles. The monoisotopic (exact) mass is 1070 g/mol. The number of nitrogens with one attached hydrogen (secondary N) is 4. The molecule has 2 aliphatic heterocycles. The molecule has 18 nitrogen and oxygen atoms in total.